The number of carboxylic acids is 1. The Morgan fingerprint density at radius 1 is 1.10 bits per heavy atom. The first kappa shape index (κ1) is 17.8. The number of amides is 1. The van der Waals surface area contributed by atoms with Gasteiger partial charge in [0.1, 0.15) is 11.6 Å². The molecule has 0 aromatic heterocycles. The summed E-state index contributed by atoms with van der Waals surface area (Å²) in [6.07, 6.45) is 6.82. The monoisotopic (exact) mass is 299 g/mol. The van der Waals surface area contributed by atoms with E-state index >= 15 is 0 Å². The highest BCUT2D eigenvalue weighted by molar-refractivity contribution is 5.80. The maximum atomic E-state index is 12.4. The smallest absolute Gasteiger partial charge is 0.411 e. The molecule has 0 saturated heterocycles. The van der Waals surface area contributed by atoms with Crippen molar-refractivity contribution in [1.82, 2.24) is 4.90 Å². The van der Waals surface area contributed by atoms with Crippen molar-refractivity contribution in [3.63, 3.8) is 0 Å². The molecule has 5 heteroatoms. The molecule has 0 heterocycles. The molecule has 122 valence electrons. The average Bonchev–Trinajstić information content (AvgIpc) is 2.29. The van der Waals surface area contributed by atoms with E-state index in [2.05, 4.69) is 0 Å². The second-order valence-corrected chi connectivity index (χ2v) is 6.90. The summed E-state index contributed by atoms with van der Waals surface area (Å²) in [6.45, 7) is 6.96. The highest BCUT2D eigenvalue weighted by Gasteiger charge is 2.35. The molecule has 0 radical (unpaired) electrons. The largest absolute Gasteiger partial charge is 0.480 e. The quantitative estimate of drug-likeness (QED) is 0.860. The van der Waals surface area contributed by atoms with Gasteiger partial charge in [-0.25, -0.2) is 9.59 Å². The summed E-state index contributed by atoms with van der Waals surface area (Å²) in [5, 5.41) is 9.31. The van der Waals surface area contributed by atoms with E-state index in [-0.39, 0.29) is 6.04 Å². The number of rotatable bonds is 3. The molecule has 0 spiro atoms. The molecular weight excluding hydrogens is 270 g/mol. The minimum atomic E-state index is -0.983. The third-order valence-corrected chi connectivity index (χ3v) is 3.85. The van der Waals surface area contributed by atoms with Gasteiger partial charge in [0.05, 0.1) is 0 Å². The van der Waals surface area contributed by atoms with Crippen LogP contribution in [0.25, 0.3) is 0 Å². The summed E-state index contributed by atoms with van der Waals surface area (Å²) >= 11 is 0. The lowest BCUT2D eigenvalue weighted by molar-refractivity contribution is -0.143. The fourth-order valence-corrected chi connectivity index (χ4v) is 2.77. The number of hydrogen-bond donors (Lipinski definition) is 1. The lowest BCUT2D eigenvalue weighted by Gasteiger charge is -2.36. The van der Waals surface area contributed by atoms with Gasteiger partial charge in [0, 0.05) is 6.04 Å². The van der Waals surface area contributed by atoms with Crippen molar-refractivity contribution < 1.29 is 19.4 Å². The van der Waals surface area contributed by atoms with Crippen LogP contribution < -0.4 is 0 Å². The molecular formula is C16H29NO4. The molecule has 5 nitrogen and oxygen atoms in total. The van der Waals surface area contributed by atoms with E-state index in [4.69, 9.17) is 4.74 Å². The zero-order valence-corrected chi connectivity index (χ0v) is 13.7. The van der Waals surface area contributed by atoms with E-state index in [9.17, 15) is 14.7 Å². The Hall–Kier alpha value is -1.26. The fourth-order valence-electron chi connectivity index (χ4n) is 2.77. The van der Waals surface area contributed by atoms with Crippen LogP contribution in [0.1, 0.15) is 72.6 Å². The predicted octanol–water partition coefficient (Wildman–Crippen LogP) is 3.81. The van der Waals surface area contributed by atoms with Gasteiger partial charge in [0.2, 0.25) is 0 Å². The molecule has 0 bridgehead atoms. The molecule has 21 heavy (non-hydrogen) atoms. The van der Waals surface area contributed by atoms with Crippen molar-refractivity contribution in [2.75, 3.05) is 0 Å². The highest BCUT2D eigenvalue weighted by Crippen LogP contribution is 2.25. The van der Waals surface area contributed by atoms with E-state index in [0.29, 0.717) is 0 Å². The second-order valence-electron chi connectivity index (χ2n) is 6.90. The standard InChI is InChI=1S/C16H29NO4/c1-12(14(18)19)17(15(20)21-16(2,3)4)13-10-8-6-5-7-9-11-13/h12-13H,5-11H2,1-4H3,(H,18,19). The minimum Gasteiger partial charge on any atom is -0.480 e. The Labute approximate surface area is 127 Å². The lowest BCUT2D eigenvalue weighted by Crippen LogP contribution is -2.51. The number of carbonyl (C=O) groups excluding carboxylic acids is 1. The SMILES string of the molecule is CC(C(=O)O)N(C(=O)OC(C)(C)C)C1CCCCCCC1. The maximum absolute atomic E-state index is 12.4. The van der Waals surface area contributed by atoms with Gasteiger partial charge >= 0.3 is 12.1 Å². The van der Waals surface area contributed by atoms with Crippen LogP contribution in [0.2, 0.25) is 0 Å². The van der Waals surface area contributed by atoms with Crippen molar-refractivity contribution in [2.24, 2.45) is 0 Å². The van der Waals surface area contributed by atoms with Gasteiger partial charge in [-0.1, -0.05) is 32.1 Å². The third kappa shape index (κ3) is 5.94. The number of carboxylic acid groups (broad SMARTS) is 1. The molecule has 1 N–H and O–H groups in total. The van der Waals surface area contributed by atoms with Crippen LogP contribution in [0, 0.1) is 0 Å². The van der Waals surface area contributed by atoms with Gasteiger partial charge in [0.25, 0.3) is 0 Å². The van der Waals surface area contributed by atoms with Gasteiger partial charge < -0.3 is 9.84 Å². The number of ether oxygens (including phenoxy) is 1. The van der Waals surface area contributed by atoms with Crippen molar-refractivity contribution >= 4 is 12.1 Å². The van der Waals surface area contributed by atoms with Crippen LogP contribution >= 0.6 is 0 Å². The summed E-state index contributed by atoms with van der Waals surface area (Å²) in [4.78, 5) is 25.2. The first-order valence-electron chi connectivity index (χ1n) is 7.96. The summed E-state index contributed by atoms with van der Waals surface area (Å²) in [5.41, 5.74) is -0.616. The van der Waals surface area contributed by atoms with E-state index in [1.165, 1.54) is 11.3 Å². The second kappa shape index (κ2) is 7.66. The average molecular weight is 299 g/mol. The molecule has 0 aliphatic heterocycles. The zero-order valence-electron chi connectivity index (χ0n) is 13.7. The van der Waals surface area contributed by atoms with Gasteiger partial charge in [0.15, 0.2) is 0 Å². The Morgan fingerprint density at radius 3 is 2.00 bits per heavy atom. The number of hydrogen-bond acceptors (Lipinski definition) is 3. The van der Waals surface area contributed by atoms with Gasteiger partial charge in [-0.2, -0.15) is 0 Å². The van der Waals surface area contributed by atoms with Crippen LogP contribution in [0.5, 0.6) is 0 Å². The van der Waals surface area contributed by atoms with Crippen LogP contribution in [0.15, 0.2) is 0 Å². The summed E-state index contributed by atoms with van der Waals surface area (Å²) in [5.74, 6) is -0.983. The molecule has 1 atom stereocenters. The molecule has 1 rings (SSSR count). The minimum absolute atomic E-state index is 0.0359. The highest BCUT2D eigenvalue weighted by atomic mass is 16.6. The molecule has 1 unspecified atom stereocenters. The van der Waals surface area contributed by atoms with Crippen LogP contribution in [-0.4, -0.2) is 39.8 Å². The Kier molecular flexibility index (Phi) is 6.49. The zero-order chi connectivity index (χ0) is 16.0. The van der Waals surface area contributed by atoms with Crippen LogP contribution in [0.3, 0.4) is 0 Å². The first-order valence-corrected chi connectivity index (χ1v) is 7.96. The van der Waals surface area contributed by atoms with E-state index < -0.39 is 23.7 Å². The van der Waals surface area contributed by atoms with Crippen LogP contribution in [0.4, 0.5) is 4.79 Å². The van der Waals surface area contributed by atoms with Crippen molar-refractivity contribution in [2.45, 2.75) is 90.3 Å². The Balaban J connectivity index is 2.89. The van der Waals surface area contributed by atoms with Gasteiger partial charge in [-0.3, -0.25) is 4.90 Å². The van der Waals surface area contributed by atoms with E-state index in [0.717, 1.165) is 38.5 Å². The van der Waals surface area contributed by atoms with Crippen molar-refractivity contribution in [3.8, 4) is 0 Å². The van der Waals surface area contributed by atoms with E-state index in [1.807, 2.05) is 0 Å². The number of aliphatic carboxylic acids is 1. The molecule has 1 aliphatic carbocycles. The van der Waals surface area contributed by atoms with Crippen molar-refractivity contribution in [3.05, 3.63) is 0 Å². The Bertz CT molecular complexity index is 354. The van der Waals surface area contributed by atoms with Gasteiger partial charge in [-0.05, 0) is 40.5 Å². The van der Waals surface area contributed by atoms with E-state index in [1.54, 1.807) is 27.7 Å². The fraction of sp³-hybridized carbons (Fsp3) is 0.875. The molecule has 1 aliphatic rings. The first-order chi connectivity index (χ1) is 9.72. The number of carbonyl (C=O) groups is 2. The van der Waals surface area contributed by atoms with Crippen molar-refractivity contribution in [1.29, 1.82) is 0 Å². The normalized spacial score (nSPS) is 19.2. The predicted molar refractivity (Wildman–Crippen MR) is 81.3 cm³/mol. The summed E-state index contributed by atoms with van der Waals surface area (Å²) in [6, 6.07) is -0.893. The maximum Gasteiger partial charge on any atom is 0.411 e. The topological polar surface area (TPSA) is 66.8 Å². The summed E-state index contributed by atoms with van der Waals surface area (Å²) < 4.78 is 5.42. The van der Waals surface area contributed by atoms with Gasteiger partial charge in [-0.15, -0.1) is 0 Å². The number of nitrogens with zero attached hydrogens (tertiary/aromatic N) is 1. The summed E-state index contributed by atoms with van der Waals surface area (Å²) in [7, 11) is 0. The Morgan fingerprint density at radius 2 is 1.57 bits per heavy atom. The van der Waals surface area contributed by atoms with Crippen LogP contribution in [-0.2, 0) is 9.53 Å². The molecule has 0 aromatic carbocycles. The lowest BCUT2D eigenvalue weighted by atomic mass is 9.95. The molecule has 1 amide bonds. The molecule has 1 fully saturated rings. The third-order valence-electron chi connectivity index (χ3n) is 3.85. The molecule has 0 aromatic rings. The molecule has 1 saturated carbocycles.